The van der Waals surface area contributed by atoms with E-state index >= 15 is 0 Å². The molecule has 7 aliphatic rings. The second-order valence-electron chi connectivity index (χ2n) is 24.4. The standard InChI is InChI=1S/C54H93N3O39/c1-13-27(68)34(75)38(79)50(84-13)93-44-24(11-63)90-49(26(57-17(5)66)45(44)94-54-47(37(78)31(72)21(8-60)88-54)96-51-39(80)35(76)28(69)14(2)85-51)95-46-32(73)22(9-61)87-53(41(46)82)91-42(18(6-58)55-15(3)64)29(70)19(67)12-83-48-25(56-16(4)65)33(74)43(23(10-62)89-48)92-52-40(81)36(77)30(71)20(7-59)86-52/h13-14,18-54,58-63,67-82H,6-12H2,1-5H3,(H,55,64)(H,56,65)(H,57,66)/t13-,14-,18-,19+,20+,21+,22+,23+,24+,25+,26+,27+,28+,29-,30-,31-,32-,33+,34+,35+,36-,37-,38-,39-,40+,41+,42+,43+,44+,45+,46-,47+,48+,49-,50-,51-,52-,53-,54-/m0/s1. The van der Waals surface area contributed by atoms with Crippen molar-refractivity contribution < 1.29 is 193 Å². The summed E-state index contributed by atoms with van der Waals surface area (Å²) in [6, 6.07) is -5.54. The smallest absolute Gasteiger partial charge is 0.217 e. The van der Waals surface area contributed by atoms with Crippen LogP contribution in [-0.2, 0) is 80.7 Å². The maximum atomic E-state index is 13.4. The monoisotopic (exact) mass is 1410 g/mol. The van der Waals surface area contributed by atoms with Gasteiger partial charge in [-0.2, -0.15) is 0 Å². The first kappa shape index (κ1) is 80.3. The van der Waals surface area contributed by atoms with Crippen LogP contribution in [0.1, 0.15) is 34.6 Å². The van der Waals surface area contributed by atoms with E-state index in [0.717, 1.165) is 20.8 Å². The van der Waals surface area contributed by atoms with Crippen molar-refractivity contribution in [2.45, 2.75) is 274 Å². The van der Waals surface area contributed by atoms with Gasteiger partial charge in [-0.05, 0) is 13.8 Å². The third-order valence-electron chi connectivity index (χ3n) is 17.4. The van der Waals surface area contributed by atoms with E-state index in [4.69, 9.17) is 66.3 Å². The number of hydrogen-bond acceptors (Lipinski definition) is 39. The Balaban J connectivity index is 1.19. The molecular formula is C54H93N3O39. The van der Waals surface area contributed by atoms with Crippen molar-refractivity contribution in [3.05, 3.63) is 0 Å². The minimum Gasteiger partial charge on any atom is -0.394 e. The molecule has 0 unspecified atom stereocenters. The largest absolute Gasteiger partial charge is 0.394 e. The second kappa shape index (κ2) is 35.2. The fourth-order valence-electron chi connectivity index (χ4n) is 12.1. The van der Waals surface area contributed by atoms with Gasteiger partial charge in [-0.15, -0.1) is 0 Å². The fourth-order valence-corrected chi connectivity index (χ4v) is 12.1. The summed E-state index contributed by atoms with van der Waals surface area (Å²) < 4.78 is 82.4. The van der Waals surface area contributed by atoms with E-state index in [1.165, 1.54) is 13.8 Å². The van der Waals surface area contributed by atoms with Crippen LogP contribution in [0.25, 0.3) is 0 Å². The average molecular weight is 1410 g/mol. The zero-order valence-electron chi connectivity index (χ0n) is 52.2. The summed E-state index contributed by atoms with van der Waals surface area (Å²) in [6.45, 7) is -2.13. The van der Waals surface area contributed by atoms with Crippen LogP contribution in [0.5, 0.6) is 0 Å². The molecule has 558 valence electrons. The maximum absolute atomic E-state index is 13.4. The van der Waals surface area contributed by atoms with E-state index < -0.39 is 303 Å². The molecule has 0 spiro atoms. The fraction of sp³-hybridized carbons (Fsp3) is 0.944. The minimum atomic E-state index is -2.45. The SMILES string of the molecule is CC(=O)N[C@H]1[C@H](OC[C@@H](O)[C@H](O)[C@H](O[C@@H]2O[C@H](CO)[C@H](O)[C@H](O[C@@H]3O[C@H](CO)[C@@H](O[C@@H]4O[C@@H](C)[C@@H](O)[C@@H](O)[C@@H]4O)[C@H](O[C@@H]4O[C@H](CO)[C@H](O)[C@H](O)[C@H]4O[C@@H]4O[C@@H](C)[C@@H](O)[C@@H](O)[C@@H]4O)[C@H]3NC(C)=O)[C@H]2O)[C@H](CO)NC(C)=O)O[C@H](CO)[C@@H](O[C@@H]2O[C@H](CO)[C@H](O)[C@H](O)[C@H]2O)[C@@H]1O. The third-order valence-corrected chi connectivity index (χ3v) is 17.4. The molecule has 42 nitrogen and oxygen atoms in total. The second-order valence-corrected chi connectivity index (χ2v) is 24.4. The molecule has 39 atom stereocenters. The van der Waals surface area contributed by atoms with E-state index in [2.05, 4.69) is 16.0 Å². The summed E-state index contributed by atoms with van der Waals surface area (Å²) in [5.74, 6) is -2.73. The first-order chi connectivity index (χ1) is 45.3. The Kier molecular flexibility index (Phi) is 29.5. The van der Waals surface area contributed by atoms with Crippen molar-refractivity contribution in [2.75, 3.05) is 46.2 Å². The highest BCUT2D eigenvalue weighted by Crippen LogP contribution is 2.39. The number of rotatable bonds is 27. The molecule has 0 aromatic heterocycles. The highest BCUT2D eigenvalue weighted by atomic mass is 16.8. The Labute approximate surface area is 545 Å². The number of carbonyl (C=O) groups excluding carboxylic acids is 3. The summed E-state index contributed by atoms with van der Waals surface area (Å²) in [6.07, 6.45) is -71.1. The van der Waals surface area contributed by atoms with Gasteiger partial charge in [-0.1, -0.05) is 0 Å². The number of carbonyl (C=O) groups is 3. The van der Waals surface area contributed by atoms with Crippen molar-refractivity contribution in [2.24, 2.45) is 0 Å². The number of aliphatic hydroxyl groups is 22. The molecule has 7 fully saturated rings. The molecule has 0 aromatic rings. The Hall–Kier alpha value is -3.03. The average Bonchev–Trinajstić information content (AvgIpc) is 0.764. The van der Waals surface area contributed by atoms with E-state index in [0.29, 0.717) is 0 Å². The van der Waals surface area contributed by atoms with Gasteiger partial charge in [0.05, 0.1) is 64.5 Å². The highest BCUT2D eigenvalue weighted by Gasteiger charge is 2.60. The lowest BCUT2D eigenvalue weighted by atomic mass is 9.93. The first-order valence-corrected chi connectivity index (χ1v) is 30.8. The topological polar surface area (TPSA) is 662 Å². The van der Waals surface area contributed by atoms with Crippen molar-refractivity contribution in [3.63, 3.8) is 0 Å². The number of aliphatic hydroxyl groups excluding tert-OH is 22. The summed E-state index contributed by atoms with van der Waals surface area (Å²) in [7, 11) is 0. The van der Waals surface area contributed by atoms with Gasteiger partial charge in [0.2, 0.25) is 17.7 Å². The normalized spacial score (nSPS) is 46.8. The van der Waals surface area contributed by atoms with Crippen LogP contribution in [0.15, 0.2) is 0 Å². The molecule has 25 N–H and O–H groups in total. The van der Waals surface area contributed by atoms with Crippen LogP contribution in [0.2, 0.25) is 0 Å². The van der Waals surface area contributed by atoms with E-state index in [1.807, 2.05) is 0 Å². The molecule has 42 heteroatoms. The third kappa shape index (κ3) is 18.1. The van der Waals surface area contributed by atoms with Crippen LogP contribution < -0.4 is 16.0 Å². The summed E-state index contributed by atoms with van der Waals surface area (Å²) in [5, 5.41) is 248. The van der Waals surface area contributed by atoms with Crippen molar-refractivity contribution in [1.29, 1.82) is 0 Å². The maximum Gasteiger partial charge on any atom is 0.217 e. The predicted octanol–water partition coefficient (Wildman–Crippen LogP) is -16.3. The summed E-state index contributed by atoms with van der Waals surface area (Å²) >= 11 is 0. The number of ether oxygens (including phenoxy) is 14. The number of amides is 3. The lowest BCUT2D eigenvalue weighted by Crippen LogP contribution is -2.71. The predicted molar refractivity (Wildman–Crippen MR) is 299 cm³/mol. The molecule has 96 heavy (non-hydrogen) atoms. The van der Waals surface area contributed by atoms with Gasteiger partial charge in [0.25, 0.3) is 0 Å². The lowest BCUT2D eigenvalue weighted by Gasteiger charge is -2.52. The molecule has 7 rings (SSSR count). The van der Waals surface area contributed by atoms with Crippen LogP contribution in [-0.4, -0.2) is 415 Å². The van der Waals surface area contributed by atoms with Crippen LogP contribution in [0.3, 0.4) is 0 Å². The molecule has 7 saturated heterocycles. The molecular weight excluding hydrogens is 1310 g/mol. The molecule has 7 aliphatic heterocycles. The first-order valence-electron chi connectivity index (χ1n) is 30.8. The Bertz CT molecular complexity index is 2420. The Morgan fingerprint density at radius 2 is 0.781 bits per heavy atom. The highest BCUT2D eigenvalue weighted by molar-refractivity contribution is 5.74. The molecule has 3 amide bonds. The van der Waals surface area contributed by atoms with E-state index in [9.17, 15) is 127 Å². The van der Waals surface area contributed by atoms with Gasteiger partial charge >= 0.3 is 0 Å². The van der Waals surface area contributed by atoms with Crippen molar-refractivity contribution in [3.8, 4) is 0 Å². The number of nitrogens with one attached hydrogen (secondary N) is 3. The van der Waals surface area contributed by atoms with Crippen molar-refractivity contribution >= 4 is 17.7 Å². The summed E-state index contributed by atoms with van der Waals surface area (Å²) in [4.78, 5) is 38.5. The van der Waals surface area contributed by atoms with Crippen molar-refractivity contribution in [1.82, 2.24) is 16.0 Å². The van der Waals surface area contributed by atoms with Crippen LogP contribution >= 0.6 is 0 Å². The zero-order chi connectivity index (χ0) is 71.2. The molecule has 7 heterocycles. The van der Waals surface area contributed by atoms with E-state index in [-0.39, 0.29) is 0 Å². The van der Waals surface area contributed by atoms with Crippen LogP contribution in [0.4, 0.5) is 0 Å². The number of hydrogen-bond donors (Lipinski definition) is 25. The lowest BCUT2D eigenvalue weighted by molar-refractivity contribution is -0.399. The summed E-state index contributed by atoms with van der Waals surface area (Å²) in [5.41, 5.74) is 0. The zero-order valence-corrected chi connectivity index (χ0v) is 52.2. The van der Waals surface area contributed by atoms with Gasteiger partial charge in [-0.3, -0.25) is 14.4 Å². The van der Waals surface area contributed by atoms with Gasteiger partial charge in [0.1, 0.15) is 177 Å². The molecule has 0 radical (unpaired) electrons. The molecule has 0 saturated carbocycles. The van der Waals surface area contributed by atoms with Crippen LogP contribution in [0, 0.1) is 0 Å². The van der Waals surface area contributed by atoms with Gasteiger partial charge < -0.3 is 195 Å². The molecule has 0 aromatic carbocycles. The van der Waals surface area contributed by atoms with Gasteiger partial charge in [0.15, 0.2) is 44.0 Å². The van der Waals surface area contributed by atoms with Gasteiger partial charge in [0, 0.05) is 20.8 Å². The quantitative estimate of drug-likeness (QED) is 0.0363. The minimum absolute atomic E-state index is 0.843. The Morgan fingerprint density at radius 3 is 1.29 bits per heavy atom. The Morgan fingerprint density at radius 1 is 0.375 bits per heavy atom. The molecule has 0 bridgehead atoms. The van der Waals surface area contributed by atoms with E-state index in [1.54, 1.807) is 0 Å². The molecule has 0 aliphatic carbocycles. The van der Waals surface area contributed by atoms with Gasteiger partial charge in [-0.25, -0.2) is 0 Å².